The molecule has 1 atom stereocenters. The molecule has 1 fully saturated rings. The van der Waals surface area contributed by atoms with Crippen molar-refractivity contribution in [2.45, 2.75) is 12.8 Å². The van der Waals surface area contributed by atoms with E-state index in [1.807, 2.05) is 19.0 Å². The third kappa shape index (κ3) is 3.92. The minimum absolute atomic E-state index is 0.534. The number of aromatic nitrogens is 3. The maximum atomic E-state index is 5.46. The van der Waals surface area contributed by atoms with Crippen LogP contribution in [0.1, 0.15) is 12.8 Å². The summed E-state index contributed by atoms with van der Waals surface area (Å²) in [7, 11) is 5.62. The van der Waals surface area contributed by atoms with Crippen LogP contribution in [0.15, 0.2) is 0 Å². The number of hydrogen-bond acceptors (Lipinski definition) is 7. The lowest BCUT2D eigenvalue weighted by Crippen LogP contribution is -2.25. The highest BCUT2D eigenvalue weighted by Gasteiger charge is 2.14. The van der Waals surface area contributed by atoms with E-state index in [4.69, 9.17) is 4.74 Å². The fourth-order valence-electron chi connectivity index (χ4n) is 1.96. The van der Waals surface area contributed by atoms with E-state index in [0.29, 0.717) is 23.8 Å². The van der Waals surface area contributed by atoms with Crippen LogP contribution in [0.4, 0.5) is 17.8 Å². The van der Waals surface area contributed by atoms with Crippen molar-refractivity contribution in [3.8, 4) is 0 Å². The standard InChI is InChI=1S/C12H22N6O/c1-13-10-15-11(17-12(16-10)18(2)3)14-7-9-5-4-6-19-8-9/h9H,4-8H2,1-3H3,(H2,13,14,15,16,17). The lowest BCUT2D eigenvalue weighted by molar-refractivity contribution is 0.0594. The number of nitrogens with one attached hydrogen (secondary N) is 2. The average Bonchev–Trinajstić information content (AvgIpc) is 2.45. The van der Waals surface area contributed by atoms with Crippen LogP contribution in [-0.4, -0.2) is 55.9 Å². The van der Waals surface area contributed by atoms with Crippen molar-refractivity contribution in [2.75, 3.05) is 56.4 Å². The Morgan fingerprint density at radius 3 is 2.68 bits per heavy atom. The van der Waals surface area contributed by atoms with Gasteiger partial charge in [0.25, 0.3) is 0 Å². The molecule has 1 aliphatic rings. The Labute approximate surface area is 113 Å². The lowest BCUT2D eigenvalue weighted by atomic mass is 10.0. The molecular weight excluding hydrogens is 244 g/mol. The Hall–Kier alpha value is -1.63. The zero-order valence-corrected chi connectivity index (χ0v) is 11.8. The van der Waals surface area contributed by atoms with E-state index in [1.54, 1.807) is 7.05 Å². The summed E-state index contributed by atoms with van der Waals surface area (Å²) < 4.78 is 5.46. The van der Waals surface area contributed by atoms with E-state index in [-0.39, 0.29) is 0 Å². The molecule has 7 heteroatoms. The van der Waals surface area contributed by atoms with Crippen molar-refractivity contribution in [1.82, 2.24) is 15.0 Å². The number of anilines is 3. The second-order valence-electron chi connectivity index (χ2n) is 4.89. The molecule has 7 nitrogen and oxygen atoms in total. The zero-order valence-electron chi connectivity index (χ0n) is 11.8. The third-order valence-corrected chi connectivity index (χ3v) is 3.05. The zero-order chi connectivity index (χ0) is 13.7. The summed E-state index contributed by atoms with van der Waals surface area (Å²) in [6.45, 7) is 2.54. The number of nitrogens with zero attached hydrogens (tertiary/aromatic N) is 4. The Balaban J connectivity index is 2.00. The molecule has 0 aliphatic carbocycles. The van der Waals surface area contributed by atoms with E-state index < -0.39 is 0 Å². The van der Waals surface area contributed by atoms with Gasteiger partial charge in [0.15, 0.2) is 0 Å². The molecule has 1 aromatic heterocycles. The summed E-state index contributed by atoms with van der Waals surface area (Å²) in [5.74, 6) is 2.35. The smallest absolute Gasteiger partial charge is 0.231 e. The quantitative estimate of drug-likeness (QED) is 0.817. The van der Waals surface area contributed by atoms with Gasteiger partial charge < -0.3 is 20.3 Å². The van der Waals surface area contributed by atoms with Crippen molar-refractivity contribution in [2.24, 2.45) is 5.92 Å². The maximum absolute atomic E-state index is 5.46. The molecule has 2 heterocycles. The maximum Gasteiger partial charge on any atom is 0.231 e. The largest absolute Gasteiger partial charge is 0.381 e. The van der Waals surface area contributed by atoms with E-state index in [0.717, 1.165) is 26.2 Å². The van der Waals surface area contributed by atoms with E-state index in [2.05, 4.69) is 25.6 Å². The summed E-state index contributed by atoms with van der Waals surface area (Å²) in [6, 6.07) is 0. The Bertz CT molecular complexity index is 405. The van der Waals surface area contributed by atoms with Gasteiger partial charge in [0.05, 0.1) is 6.61 Å². The first-order chi connectivity index (χ1) is 9.19. The van der Waals surface area contributed by atoms with E-state index in [9.17, 15) is 0 Å². The molecule has 1 aromatic rings. The molecular formula is C12H22N6O. The van der Waals surface area contributed by atoms with Gasteiger partial charge in [0.1, 0.15) is 0 Å². The SMILES string of the molecule is CNc1nc(NCC2CCCOC2)nc(N(C)C)n1. The van der Waals surface area contributed by atoms with Gasteiger partial charge >= 0.3 is 0 Å². The van der Waals surface area contributed by atoms with Crippen LogP contribution in [0.5, 0.6) is 0 Å². The van der Waals surface area contributed by atoms with Gasteiger partial charge in [-0.05, 0) is 18.8 Å². The first kappa shape index (κ1) is 13.8. The monoisotopic (exact) mass is 266 g/mol. The van der Waals surface area contributed by atoms with Crippen molar-refractivity contribution in [3.63, 3.8) is 0 Å². The summed E-state index contributed by atoms with van der Waals surface area (Å²) in [4.78, 5) is 14.8. The van der Waals surface area contributed by atoms with Crippen molar-refractivity contribution in [1.29, 1.82) is 0 Å². The molecule has 1 unspecified atom stereocenters. The summed E-state index contributed by atoms with van der Waals surface area (Å²) in [5.41, 5.74) is 0. The van der Waals surface area contributed by atoms with Gasteiger partial charge in [0.2, 0.25) is 17.8 Å². The van der Waals surface area contributed by atoms with Crippen LogP contribution < -0.4 is 15.5 Å². The normalized spacial score (nSPS) is 19.0. The van der Waals surface area contributed by atoms with Crippen LogP contribution in [-0.2, 0) is 4.74 Å². The molecule has 0 bridgehead atoms. The fourth-order valence-corrected chi connectivity index (χ4v) is 1.96. The van der Waals surface area contributed by atoms with Gasteiger partial charge in [0, 0.05) is 34.3 Å². The molecule has 0 aromatic carbocycles. The van der Waals surface area contributed by atoms with Crippen LogP contribution in [0.3, 0.4) is 0 Å². The molecule has 2 N–H and O–H groups in total. The van der Waals surface area contributed by atoms with Gasteiger partial charge in [-0.3, -0.25) is 0 Å². The van der Waals surface area contributed by atoms with Crippen LogP contribution in [0, 0.1) is 5.92 Å². The molecule has 0 radical (unpaired) electrons. The third-order valence-electron chi connectivity index (χ3n) is 3.05. The molecule has 106 valence electrons. The van der Waals surface area contributed by atoms with Gasteiger partial charge in [-0.1, -0.05) is 0 Å². The van der Waals surface area contributed by atoms with Crippen molar-refractivity contribution < 1.29 is 4.74 Å². The second-order valence-corrected chi connectivity index (χ2v) is 4.89. The van der Waals surface area contributed by atoms with Gasteiger partial charge in [-0.25, -0.2) is 0 Å². The molecule has 1 aliphatic heterocycles. The molecule has 0 saturated carbocycles. The Morgan fingerprint density at radius 1 is 1.26 bits per heavy atom. The van der Waals surface area contributed by atoms with Crippen molar-refractivity contribution in [3.05, 3.63) is 0 Å². The topological polar surface area (TPSA) is 75.2 Å². The van der Waals surface area contributed by atoms with Crippen molar-refractivity contribution >= 4 is 17.8 Å². The van der Waals surface area contributed by atoms with E-state index in [1.165, 1.54) is 6.42 Å². The molecule has 2 rings (SSSR count). The minimum Gasteiger partial charge on any atom is -0.381 e. The molecule has 0 spiro atoms. The summed E-state index contributed by atoms with van der Waals surface area (Å²) in [6.07, 6.45) is 2.33. The Morgan fingerprint density at radius 2 is 2.05 bits per heavy atom. The molecule has 1 saturated heterocycles. The van der Waals surface area contributed by atoms with Gasteiger partial charge in [-0.2, -0.15) is 15.0 Å². The second kappa shape index (κ2) is 6.51. The van der Waals surface area contributed by atoms with Crippen LogP contribution >= 0.6 is 0 Å². The first-order valence-corrected chi connectivity index (χ1v) is 6.62. The number of hydrogen-bond donors (Lipinski definition) is 2. The van der Waals surface area contributed by atoms with Crippen LogP contribution in [0.2, 0.25) is 0 Å². The average molecular weight is 266 g/mol. The summed E-state index contributed by atoms with van der Waals surface area (Å²) in [5, 5.41) is 6.22. The van der Waals surface area contributed by atoms with E-state index >= 15 is 0 Å². The highest BCUT2D eigenvalue weighted by atomic mass is 16.5. The summed E-state index contributed by atoms with van der Waals surface area (Å²) >= 11 is 0. The van der Waals surface area contributed by atoms with Crippen LogP contribution in [0.25, 0.3) is 0 Å². The predicted molar refractivity (Wildman–Crippen MR) is 75.7 cm³/mol. The number of ether oxygens (including phenoxy) is 1. The van der Waals surface area contributed by atoms with Gasteiger partial charge in [-0.15, -0.1) is 0 Å². The Kier molecular flexibility index (Phi) is 4.73. The number of rotatable bonds is 5. The molecule has 19 heavy (non-hydrogen) atoms. The fraction of sp³-hybridized carbons (Fsp3) is 0.750. The first-order valence-electron chi connectivity index (χ1n) is 6.62. The lowest BCUT2D eigenvalue weighted by Gasteiger charge is -2.22. The highest BCUT2D eigenvalue weighted by Crippen LogP contribution is 2.15. The highest BCUT2D eigenvalue weighted by molar-refractivity contribution is 5.42. The predicted octanol–water partition coefficient (Wildman–Crippen LogP) is 0.818. The minimum atomic E-state index is 0.534. The molecule has 0 amide bonds.